The highest BCUT2D eigenvalue weighted by atomic mass is 19.3. The number of halogens is 4. The number of fused-ring (bicyclic) bond motifs is 1. The van der Waals surface area contributed by atoms with E-state index in [1.165, 1.54) is 18.2 Å². The lowest BCUT2D eigenvalue weighted by Gasteiger charge is -2.19. The van der Waals surface area contributed by atoms with Gasteiger partial charge in [0.1, 0.15) is 23.3 Å². The van der Waals surface area contributed by atoms with Crippen molar-refractivity contribution in [1.82, 2.24) is 15.0 Å². The fourth-order valence-electron chi connectivity index (χ4n) is 3.57. The quantitative estimate of drug-likeness (QED) is 0.351. The summed E-state index contributed by atoms with van der Waals surface area (Å²) in [6.07, 6.45) is -1.32. The van der Waals surface area contributed by atoms with E-state index in [-0.39, 0.29) is 11.4 Å². The molecule has 0 aliphatic carbocycles. The summed E-state index contributed by atoms with van der Waals surface area (Å²) in [6, 6.07) is 9.76. The third kappa shape index (κ3) is 4.12. The minimum atomic E-state index is -2.91. The third-order valence-corrected chi connectivity index (χ3v) is 5.26. The molecule has 1 N–H and O–H groups in total. The number of rotatable bonds is 5. The zero-order chi connectivity index (χ0) is 23.0. The van der Waals surface area contributed by atoms with E-state index in [1.807, 2.05) is 0 Å². The smallest absolute Gasteiger partial charge is 0.266 e. The van der Waals surface area contributed by atoms with E-state index < -0.39 is 23.8 Å². The fraction of sp³-hybridized carbons (Fsp3) is 0.208. The van der Waals surface area contributed by atoms with Crippen molar-refractivity contribution in [2.24, 2.45) is 0 Å². The van der Waals surface area contributed by atoms with Crippen molar-refractivity contribution in [3.8, 4) is 11.3 Å². The molecule has 4 aromatic rings. The number of benzene rings is 2. The molecule has 0 saturated carbocycles. The van der Waals surface area contributed by atoms with E-state index in [4.69, 9.17) is 0 Å². The zero-order valence-corrected chi connectivity index (χ0v) is 17.6. The summed E-state index contributed by atoms with van der Waals surface area (Å²) < 4.78 is 54.5. The van der Waals surface area contributed by atoms with Gasteiger partial charge in [0.05, 0.1) is 29.0 Å². The zero-order valence-electron chi connectivity index (χ0n) is 17.6. The Morgan fingerprint density at radius 2 is 1.69 bits per heavy atom. The van der Waals surface area contributed by atoms with E-state index in [1.54, 1.807) is 45.2 Å². The Morgan fingerprint density at radius 1 is 0.938 bits per heavy atom. The maximum absolute atomic E-state index is 14.6. The van der Waals surface area contributed by atoms with Crippen molar-refractivity contribution in [3.05, 3.63) is 82.8 Å². The van der Waals surface area contributed by atoms with Gasteiger partial charge in [0, 0.05) is 16.5 Å². The standard InChI is InChI=1S/C24H20F4N4/c1-12-9-15(7-8-19(12)25)20-10-18-21(11-29-20)31-14(3)32-24(18)30-13(2)16-5-4-6-17(22(16)26)23(27)28/h4-11,13,23H,1-3H3,(H,30,31,32). The van der Waals surface area contributed by atoms with Crippen LogP contribution in [0.1, 0.15) is 41.9 Å². The van der Waals surface area contributed by atoms with Crippen molar-refractivity contribution in [2.45, 2.75) is 33.2 Å². The Hall–Kier alpha value is -3.55. The Kier molecular flexibility index (Phi) is 5.78. The van der Waals surface area contributed by atoms with Crippen LogP contribution in [0.25, 0.3) is 22.2 Å². The molecule has 0 bridgehead atoms. The molecular formula is C24H20F4N4. The first-order valence-corrected chi connectivity index (χ1v) is 9.98. The summed E-state index contributed by atoms with van der Waals surface area (Å²) in [5, 5.41) is 3.75. The number of aromatic nitrogens is 3. The Bertz CT molecular complexity index is 1310. The highest BCUT2D eigenvalue weighted by Crippen LogP contribution is 2.31. The second kappa shape index (κ2) is 8.53. The fourth-order valence-corrected chi connectivity index (χ4v) is 3.57. The molecule has 0 aliphatic heterocycles. The Labute approximate surface area is 182 Å². The second-order valence-electron chi connectivity index (χ2n) is 7.59. The van der Waals surface area contributed by atoms with Crippen molar-refractivity contribution in [1.29, 1.82) is 0 Å². The van der Waals surface area contributed by atoms with Crippen LogP contribution in [0.2, 0.25) is 0 Å². The first-order chi connectivity index (χ1) is 15.2. The van der Waals surface area contributed by atoms with Gasteiger partial charge < -0.3 is 5.32 Å². The molecule has 8 heteroatoms. The molecule has 164 valence electrons. The number of hydrogen-bond acceptors (Lipinski definition) is 4. The molecule has 2 heterocycles. The maximum Gasteiger partial charge on any atom is 0.266 e. The van der Waals surface area contributed by atoms with Crippen molar-refractivity contribution in [2.75, 3.05) is 5.32 Å². The molecule has 1 atom stereocenters. The number of hydrogen-bond donors (Lipinski definition) is 1. The van der Waals surface area contributed by atoms with Gasteiger partial charge in [-0.05, 0) is 50.6 Å². The first-order valence-electron chi connectivity index (χ1n) is 9.98. The maximum atomic E-state index is 14.6. The van der Waals surface area contributed by atoms with Crippen LogP contribution in [-0.2, 0) is 0 Å². The van der Waals surface area contributed by atoms with Gasteiger partial charge >= 0.3 is 0 Å². The minimum absolute atomic E-state index is 0.107. The summed E-state index contributed by atoms with van der Waals surface area (Å²) in [5.41, 5.74) is 1.84. The van der Waals surface area contributed by atoms with Crippen LogP contribution in [-0.4, -0.2) is 15.0 Å². The molecule has 0 fully saturated rings. The Balaban J connectivity index is 1.76. The van der Waals surface area contributed by atoms with Gasteiger partial charge in [-0.15, -0.1) is 0 Å². The monoisotopic (exact) mass is 440 g/mol. The first kappa shape index (κ1) is 21.7. The van der Waals surface area contributed by atoms with E-state index >= 15 is 0 Å². The molecule has 0 saturated heterocycles. The highest BCUT2D eigenvalue weighted by molar-refractivity contribution is 5.91. The summed E-state index contributed by atoms with van der Waals surface area (Å²) in [4.78, 5) is 13.3. The van der Waals surface area contributed by atoms with Crippen LogP contribution in [0, 0.1) is 25.5 Å². The van der Waals surface area contributed by atoms with Crippen LogP contribution in [0.5, 0.6) is 0 Å². The number of nitrogens with one attached hydrogen (secondary N) is 1. The van der Waals surface area contributed by atoms with E-state index in [0.29, 0.717) is 33.8 Å². The van der Waals surface area contributed by atoms with Gasteiger partial charge in [-0.3, -0.25) is 4.98 Å². The lowest BCUT2D eigenvalue weighted by atomic mass is 10.0. The predicted octanol–water partition coefficient (Wildman–Crippen LogP) is 6.70. The van der Waals surface area contributed by atoms with Crippen molar-refractivity contribution in [3.63, 3.8) is 0 Å². The predicted molar refractivity (Wildman–Crippen MR) is 116 cm³/mol. The van der Waals surface area contributed by atoms with Crippen LogP contribution in [0.4, 0.5) is 23.4 Å². The van der Waals surface area contributed by atoms with Gasteiger partial charge in [-0.2, -0.15) is 0 Å². The molecular weight excluding hydrogens is 420 g/mol. The van der Waals surface area contributed by atoms with Crippen LogP contribution in [0.15, 0.2) is 48.7 Å². The summed E-state index contributed by atoms with van der Waals surface area (Å²) in [6.45, 7) is 5.05. The second-order valence-corrected chi connectivity index (χ2v) is 7.59. The van der Waals surface area contributed by atoms with Crippen LogP contribution in [0.3, 0.4) is 0 Å². The minimum Gasteiger partial charge on any atom is -0.363 e. The normalized spacial score (nSPS) is 12.4. The number of nitrogens with zero attached hydrogens (tertiary/aromatic N) is 3. The molecule has 1 unspecified atom stereocenters. The van der Waals surface area contributed by atoms with Gasteiger partial charge in [-0.25, -0.2) is 27.5 Å². The van der Waals surface area contributed by atoms with Gasteiger partial charge in [0.25, 0.3) is 6.43 Å². The van der Waals surface area contributed by atoms with Gasteiger partial charge in [0.2, 0.25) is 0 Å². The molecule has 2 aromatic heterocycles. The summed E-state index contributed by atoms with van der Waals surface area (Å²) in [7, 11) is 0. The molecule has 4 nitrogen and oxygen atoms in total. The SMILES string of the molecule is Cc1nc(NC(C)c2cccc(C(F)F)c2F)c2cc(-c3ccc(F)c(C)c3)ncc2n1. The molecule has 2 aromatic carbocycles. The van der Waals surface area contributed by atoms with E-state index in [0.717, 1.165) is 11.6 Å². The topological polar surface area (TPSA) is 50.7 Å². The van der Waals surface area contributed by atoms with Gasteiger partial charge in [-0.1, -0.05) is 18.2 Å². The molecule has 0 radical (unpaired) electrons. The molecule has 0 amide bonds. The number of alkyl halides is 2. The summed E-state index contributed by atoms with van der Waals surface area (Å²) >= 11 is 0. The molecule has 0 aliphatic rings. The van der Waals surface area contributed by atoms with Crippen LogP contribution >= 0.6 is 0 Å². The number of aryl methyl sites for hydroxylation is 2. The molecule has 0 spiro atoms. The molecule has 32 heavy (non-hydrogen) atoms. The number of anilines is 1. The highest BCUT2D eigenvalue weighted by Gasteiger charge is 2.20. The molecule has 4 rings (SSSR count). The lowest BCUT2D eigenvalue weighted by molar-refractivity contribution is 0.146. The lowest BCUT2D eigenvalue weighted by Crippen LogP contribution is -2.12. The summed E-state index contributed by atoms with van der Waals surface area (Å²) in [5.74, 6) is -0.357. The third-order valence-electron chi connectivity index (χ3n) is 5.26. The Morgan fingerprint density at radius 3 is 2.41 bits per heavy atom. The van der Waals surface area contributed by atoms with E-state index in [9.17, 15) is 17.6 Å². The van der Waals surface area contributed by atoms with Crippen molar-refractivity contribution >= 4 is 16.7 Å². The average molecular weight is 440 g/mol. The number of pyridine rings is 1. The van der Waals surface area contributed by atoms with Crippen LogP contribution < -0.4 is 5.32 Å². The average Bonchev–Trinajstić information content (AvgIpc) is 2.75. The van der Waals surface area contributed by atoms with Crippen molar-refractivity contribution < 1.29 is 17.6 Å². The largest absolute Gasteiger partial charge is 0.363 e. The van der Waals surface area contributed by atoms with E-state index in [2.05, 4.69) is 20.3 Å². The van der Waals surface area contributed by atoms with Gasteiger partial charge in [0.15, 0.2) is 0 Å².